The lowest BCUT2D eigenvalue weighted by atomic mass is 10.3. The molecule has 0 bridgehead atoms. The Labute approximate surface area is 77.0 Å². The Kier molecular flexibility index (Phi) is 3.59. The zero-order valence-electron chi connectivity index (χ0n) is 6.76. The first-order valence-electron chi connectivity index (χ1n) is 3.58. The van der Waals surface area contributed by atoms with Crippen molar-refractivity contribution in [3.05, 3.63) is 29.0 Å². The van der Waals surface area contributed by atoms with Gasteiger partial charge in [-0.05, 0) is 25.1 Å². The molecule has 0 aliphatic carbocycles. The SMILES string of the molecule is CNCC#Cc1ncccc1Cl. The van der Waals surface area contributed by atoms with E-state index in [-0.39, 0.29) is 0 Å². The number of aromatic nitrogens is 1. The Balaban J connectivity index is 2.77. The molecule has 2 nitrogen and oxygen atoms in total. The van der Waals surface area contributed by atoms with Gasteiger partial charge in [-0.2, -0.15) is 0 Å². The molecule has 0 atom stereocenters. The van der Waals surface area contributed by atoms with Gasteiger partial charge in [-0.25, -0.2) is 4.98 Å². The van der Waals surface area contributed by atoms with Gasteiger partial charge in [0, 0.05) is 6.20 Å². The van der Waals surface area contributed by atoms with Crippen LogP contribution >= 0.6 is 11.6 Å². The predicted octanol–water partition coefficient (Wildman–Crippen LogP) is 1.31. The first-order chi connectivity index (χ1) is 5.84. The Hall–Kier alpha value is -1.04. The molecule has 3 heteroatoms. The zero-order valence-corrected chi connectivity index (χ0v) is 7.52. The second kappa shape index (κ2) is 4.76. The second-order valence-electron chi connectivity index (χ2n) is 2.17. The fraction of sp³-hybridized carbons (Fsp3) is 0.222. The number of hydrogen-bond donors (Lipinski definition) is 1. The monoisotopic (exact) mass is 180 g/mol. The fourth-order valence-corrected chi connectivity index (χ4v) is 0.863. The van der Waals surface area contributed by atoms with E-state index < -0.39 is 0 Å². The van der Waals surface area contributed by atoms with E-state index in [0.717, 1.165) is 0 Å². The van der Waals surface area contributed by atoms with E-state index in [0.29, 0.717) is 17.3 Å². The summed E-state index contributed by atoms with van der Waals surface area (Å²) < 4.78 is 0. The molecule has 0 spiro atoms. The van der Waals surface area contributed by atoms with E-state index in [1.54, 1.807) is 18.3 Å². The molecule has 0 amide bonds. The third-order valence-corrected chi connectivity index (χ3v) is 1.54. The maximum absolute atomic E-state index is 5.82. The third-order valence-electron chi connectivity index (χ3n) is 1.23. The number of nitrogens with one attached hydrogen (secondary N) is 1. The molecule has 0 aromatic carbocycles. The molecular weight excluding hydrogens is 172 g/mol. The molecule has 12 heavy (non-hydrogen) atoms. The first-order valence-corrected chi connectivity index (χ1v) is 3.96. The van der Waals surface area contributed by atoms with Crippen LogP contribution in [0.5, 0.6) is 0 Å². The van der Waals surface area contributed by atoms with Gasteiger partial charge in [0.15, 0.2) is 0 Å². The van der Waals surface area contributed by atoms with Crippen LogP contribution in [0.15, 0.2) is 18.3 Å². The molecule has 0 fully saturated rings. The van der Waals surface area contributed by atoms with Crippen LogP contribution in [0, 0.1) is 11.8 Å². The maximum Gasteiger partial charge on any atom is 0.131 e. The van der Waals surface area contributed by atoms with Crippen LogP contribution < -0.4 is 5.32 Å². The largest absolute Gasteiger partial charge is 0.309 e. The Morgan fingerprint density at radius 2 is 2.50 bits per heavy atom. The number of pyridine rings is 1. The zero-order chi connectivity index (χ0) is 8.81. The van der Waals surface area contributed by atoms with E-state index >= 15 is 0 Å². The Morgan fingerprint density at radius 3 is 3.17 bits per heavy atom. The van der Waals surface area contributed by atoms with E-state index in [1.807, 2.05) is 7.05 Å². The minimum absolute atomic E-state index is 0.598. The molecule has 1 aromatic rings. The molecule has 62 valence electrons. The molecule has 1 heterocycles. The smallest absolute Gasteiger partial charge is 0.131 e. The van der Waals surface area contributed by atoms with Gasteiger partial charge in [0.2, 0.25) is 0 Å². The quantitative estimate of drug-likeness (QED) is 0.660. The lowest BCUT2D eigenvalue weighted by Crippen LogP contribution is -2.04. The van der Waals surface area contributed by atoms with Gasteiger partial charge in [-0.3, -0.25) is 0 Å². The summed E-state index contributed by atoms with van der Waals surface area (Å²) in [6.45, 7) is 0.646. The van der Waals surface area contributed by atoms with Gasteiger partial charge in [0.25, 0.3) is 0 Å². The van der Waals surface area contributed by atoms with E-state index in [4.69, 9.17) is 11.6 Å². The molecular formula is C9H9ClN2. The molecule has 0 aliphatic heterocycles. The molecule has 1 N–H and O–H groups in total. The average molecular weight is 181 g/mol. The minimum atomic E-state index is 0.598. The molecule has 1 aromatic heterocycles. The predicted molar refractivity (Wildman–Crippen MR) is 50.1 cm³/mol. The highest BCUT2D eigenvalue weighted by Gasteiger charge is 1.93. The summed E-state index contributed by atoms with van der Waals surface area (Å²) in [6, 6.07) is 3.56. The normalized spacial score (nSPS) is 8.83. The molecule has 0 aliphatic rings. The van der Waals surface area contributed by atoms with Crippen molar-refractivity contribution in [2.45, 2.75) is 0 Å². The highest BCUT2D eigenvalue weighted by molar-refractivity contribution is 6.31. The van der Waals surface area contributed by atoms with Crippen molar-refractivity contribution in [1.29, 1.82) is 0 Å². The van der Waals surface area contributed by atoms with Crippen molar-refractivity contribution in [1.82, 2.24) is 10.3 Å². The van der Waals surface area contributed by atoms with Crippen LogP contribution in [0.3, 0.4) is 0 Å². The Morgan fingerprint density at radius 1 is 1.67 bits per heavy atom. The van der Waals surface area contributed by atoms with Crippen LogP contribution in [-0.2, 0) is 0 Å². The lowest BCUT2D eigenvalue weighted by Gasteiger charge is -1.91. The minimum Gasteiger partial charge on any atom is -0.309 e. The molecule has 0 radical (unpaired) electrons. The highest BCUT2D eigenvalue weighted by atomic mass is 35.5. The van der Waals surface area contributed by atoms with Gasteiger partial charge < -0.3 is 5.32 Å². The Bertz CT molecular complexity index is 312. The molecule has 0 unspecified atom stereocenters. The van der Waals surface area contributed by atoms with Crippen molar-refractivity contribution < 1.29 is 0 Å². The van der Waals surface area contributed by atoms with Gasteiger partial charge in [-0.15, -0.1) is 0 Å². The third kappa shape index (κ3) is 2.54. The van der Waals surface area contributed by atoms with Crippen LogP contribution in [0.25, 0.3) is 0 Å². The van der Waals surface area contributed by atoms with Gasteiger partial charge >= 0.3 is 0 Å². The summed E-state index contributed by atoms with van der Waals surface area (Å²) in [4.78, 5) is 4.02. The number of rotatable bonds is 1. The van der Waals surface area contributed by atoms with Crippen molar-refractivity contribution in [3.8, 4) is 11.8 Å². The van der Waals surface area contributed by atoms with Crippen LogP contribution in [0.2, 0.25) is 5.02 Å². The summed E-state index contributed by atoms with van der Waals surface area (Å²) >= 11 is 5.82. The van der Waals surface area contributed by atoms with Crippen molar-refractivity contribution >= 4 is 11.6 Å². The van der Waals surface area contributed by atoms with Crippen molar-refractivity contribution in [3.63, 3.8) is 0 Å². The molecule has 1 rings (SSSR count). The van der Waals surface area contributed by atoms with Crippen LogP contribution in [-0.4, -0.2) is 18.6 Å². The molecule has 0 saturated heterocycles. The fourth-order valence-electron chi connectivity index (χ4n) is 0.694. The van der Waals surface area contributed by atoms with E-state index in [1.165, 1.54) is 0 Å². The van der Waals surface area contributed by atoms with Crippen LogP contribution in [0.1, 0.15) is 5.69 Å². The average Bonchev–Trinajstić information content (AvgIpc) is 2.09. The topological polar surface area (TPSA) is 24.9 Å². The van der Waals surface area contributed by atoms with Gasteiger partial charge in [-0.1, -0.05) is 17.5 Å². The number of halogens is 1. The van der Waals surface area contributed by atoms with Crippen LogP contribution in [0.4, 0.5) is 0 Å². The lowest BCUT2D eigenvalue weighted by molar-refractivity contribution is 0.938. The van der Waals surface area contributed by atoms with Gasteiger partial charge in [0.1, 0.15) is 5.69 Å². The molecule has 0 saturated carbocycles. The maximum atomic E-state index is 5.82. The highest BCUT2D eigenvalue weighted by Crippen LogP contribution is 2.09. The summed E-state index contributed by atoms with van der Waals surface area (Å²) in [7, 11) is 1.84. The number of nitrogens with zero attached hydrogens (tertiary/aromatic N) is 1. The standard InChI is InChI=1S/C9H9ClN2/c1-11-6-3-5-9-8(10)4-2-7-12-9/h2,4,7,11H,6H2,1H3. The first kappa shape index (κ1) is 9.05. The van der Waals surface area contributed by atoms with Crippen molar-refractivity contribution in [2.24, 2.45) is 0 Å². The summed E-state index contributed by atoms with van der Waals surface area (Å²) in [5.41, 5.74) is 0.634. The number of hydrogen-bond acceptors (Lipinski definition) is 2. The van der Waals surface area contributed by atoms with Crippen molar-refractivity contribution in [2.75, 3.05) is 13.6 Å². The van der Waals surface area contributed by atoms with Gasteiger partial charge in [0.05, 0.1) is 11.6 Å². The summed E-state index contributed by atoms with van der Waals surface area (Å²) in [5.74, 6) is 5.74. The second-order valence-corrected chi connectivity index (χ2v) is 2.57. The van der Waals surface area contributed by atoms with E-state index in [9.17, 15) is 0 Å². The summed E-state index contributed by atoms with van der Waals surface area (Å²) in [5, 5.41) is 3.51. The summed E-state index contributed by atoms with van der Waals surface area (Å²) in [6.07, 6.45) is 1.68. The van der Waals surface area contributed by atoms with E-state index in [2.05, 4.69) is 22.1 Å².